The molecule has 2 amide bonds. The van der Waals surface area contributed by atoms with Crippen LogP contribution in [0.5, 0.6) is 0 Å². The number of benzene rings is 6. The van der Waals surface area contributed by atoms with Crippen molar-refractivity contribution in [2.75, 3.05) is 43.9 Å². The molecule has 0 unspecified atom stereocenters. The molecule has 5 aromatic rings. The third kappa shape index (κ3) is 12.4. The first kappa shape index (κ1) is 50.1. The molecule has 11 heteroatoms. The number of nitrogens with zero attached hydrogens (tertiary/aromatic N) is 3. The standard InChI is InChI=1S/C61H65N7O2S2/c1-40-19-28-56-51(33-40)66-52-34-41(2)49(37-57(52)71-56)62-29-13-6-8-15-31-64-60(69)46-24-20-44(21-25-46)45-22-26-47(27-23-45)61(70)65-32-16-9-7-14-30-63-50-38-58-53(35-42(50)3)67-54-36-43(4)55(39-59(54)72-58)68(5)48-17-11-10-12-18-48/h10-12,17-18,20-28,33-39,62H,6-9,13-16,19,29-32H2,1-5H3,(H2,64,65,69,70)/p+1. The van der Waals surface area contributed by atoms with Gasteiger partial charge in [-0.15, -0.1) is 11.3 Å². The van der Waals surface area contributed by atoms with Crippen LogP contribution >= 0.6 is 23.1 Å². The van der Waals surface area contributed by atoms with E-state index in [1.54, 1.807) is 11.3 Å². The van der Waals surface area contributed by atoms with Crippen LogP contribution in [0.15, 0.2) is 148 Å². The molecule has 2 heterocycles. The first-order valence-electron chi connectivity index (χ1n) is 25.6. The number of thioether (sulfide) groups is 1. The lowest BCUT2D eigenvalue weighted by atomic mass is 10.0. The van der Waals surface area contributed by atoms with E-state index in [1.807, 2.05) is 66.4 Å². The van der Waals surface area contributed by atoms with Crippen LogP contribution in [0.1, 0.15) is 102 Å². The Hall–Kier alpha value is -6.82. The number of rotatable bonds is 20. The number of fused-ring (bicyclic) bond motifs is 4. The number of para-hydroxylation sites is 1. The van der Waals surface area contributed by atoms with Gasteiger partial charge in [0.2, 0.25) is 11.0 Å². The van der Waals surface area contributed by atoms with Gasteiger partial charge in [0, 0.05) is 82.2 Å². The van der Waals surface area contributed by atoms with Gasteiger partial charge in [-0.3, -0.25) is 9.59 Å². The number of allylic oxidation sites excluding steroid dienone is 4. The Labute approximate surface area is 433 Å². The fourth-order valence-corrected chi connectivity index (χ4v) is 11.3. The van der Waals surface area contributed by atoms with E-state index in [9.17, 15) is 9.59 Å². The van der Waals surface area contributed by atoms with Gasteiger partial charge in [0.05, 0.1) is 32.2 Å². The first-order valence-corrected chi connectivity index (χ1v) is 27.2. The quantitative estimate of drug-likeness (QED) is 0.0344. The molecule has 0 fully saturated rings. The number of carbonyl (C=O) groups is 2. The third-order valence-corrected chi connectivity index (χ3v) is 15.8. The van der Waals surface area contributed by atoms with Crippen molar-refractivity contribution in [2.45, 2.75) is 90.4 Å². The average Bonchev–Trinajstić information content (AvgIpc) is 3.39. The van der Waals surface area contributed by atoms with Gasteiger partial charge in [-0.05, 0) is 143 Å². The summed E-state index contributed by atoms with van der Waals surface area (Å²) in [5.41, 5.74) is 15.9. The van der Waals surface area contributed by atoms with Gasteiger partial charge in [-0.25, -0.2) is 9.98 Å². The summed E-state index contributed by atoms with van der Waals surface area (Å²) >= 11 is 3.61. The topological polar surface area (TPSA) is 111 Å². The molecule has 9 nitrogen and oxygen atoms in total. The Kier molecular flexibility index (Phi) is 16.4. The van der Waals surface area contributed by atoms with E-state index in [4.69, 9.17) is 9.98 Å². The van der Waals surface area contributed by atoms with E-state index in [0.29, 0.717) is 24.2 Å². The Morgan fingerprint density at radius 1 is 0.625 bits per heavy atom. The summed E-state index contributed by atoms with van der Waals surface area (Å²) in [6.45, 7) is 11.7. The number of hydrogen-bond acceptors (Lipinski definition) is 8. The predicted molar refractivity (Wildman–Crippen MR) is 304 cm³/mol. The van der Waals surface area contributed by atoms with Crippen LogP contribution < -0.4 is 31.2 Å². The van der Waals surface area contributed by atoms with Crippen molar-refractivity contribution >= 4 is 73.6 Å². The van der Waals surface area contributed by atoms with Crippen molar-refractivity contribution in [3.63, 3.8) is 0 Å². The molecular formula is C61H66N7O2S2+. The van der Waals surface area contributed by atoms with Gasteiger partial charge >= 0.3 is 0 Å². The molecule has 0 spiro atoms. The predicted octanol–water partition coefficient (Wildman–Crippen LogP) is 13.9. The minimum absolute atomic E-state index is 0.0555. The highest BCUT2D eigenvalue weighted by Crippen LogP contribution is 2.44. The molecule has 0 radical (unpaired) electrons. The Bertz CT molecular complexity index is 3230. The molecule has 72 heavy (non-hydrogen) atoms. The molecule has 4 N–H and O–H groups in total. The maximum absolute atomic E-state index is 13.0. The van der Waals surface area contributed by atoms with Crippen molar-refractivity contribution in [3.05, 3.63) is 171 Å². The Morgan fingerprint density at radius 3 is 1.83 bits per heavy atom. The van der Waals surface area contributed by atoms with Crippen LogP contribution in [0, 0.1) is 20.8 Å². The molecule has 0 saturated carbocycles. The van der Waals surface area contributed by atoms with E-state index < -0.39 is 0 Å². The SMILES string of the molecule is CC1=CC2=Nc3cc(C)c(NCCCCCCNC(=O)c4ccc(-c5ccc(C(=O)NCCCCCCNc6cc7sc8cc(=[N+](C)c9ccccc9)c(C)cc-8nc7cc6C)cc5)cc4)cc3SC2=CC1. The van der Waals surface area contributed by atoms with Crippen molar-refractivity contribution in [2.24, 2.45) is 4.99 Å². The molecule has 0 bridgehead atoms. The molecule has 0 aromatic heterocycles. The number of anilines is 2. The van der Waals surface area contributed by atoms with Gasteiger partial charge < -0.3 is 21.3 Å². The Balaban J connectivity index is 0.641. The second-order valence-electron chi connectivity index (χ2n) is 19.2. The lowest BCUT2D eigenvalue weighted by Gasteiger charge is -2.21. The van der Waals surface area contributed by atoms with Crippen molar-refractivity contribution in [1.29, 1.82) is 0 Å². The van der Waals surface area contributed by atoms with E-state index in [-0.39, 0.29) is 11.8 Å². The van der Waals surface area contributed by atoms with Gasteiger partial charge in [-0.1, -0.05) is 91.6 Å². The summed E-state index contributed by atoms with van der Waals surface area (Å²) in [5.74, 6) is -0.115. The fourth-order valence-electron chi connectivity index (χ4n) is 9.34. The zero-order chi connectivity index (χ0) is 50.0. The van der Waals surface area contributed by atoms with Crippen molar-refractivity contribution in [1.82, 2.24) is 20.2 Å². The molecule has 9 rings (SSSR count). The second-order valence-corrected chi connectivity index (χ2v) is 21.4. The number of aromatic nitrogens is 1. The normalized spacial score (nSPS) is 13.4. The molecule has 0 atom stereocenters. The monoisotopic (exact) mass is 992 g/mol. The number of aryl methyl sites for hydroxylation is 3. The third-order valence-electron chi connectivity index (χ3n) is 13.6. The average molecular weight is 993 g/mol. The van der Waals surface area contributed by atoms with E-state index in [0.717, 1.165) is 116 Å². The Morgan fingerprint density at radius 2 is 1.21 bits per heavy atom. The van der Waals surface area contributed by atoms with E-state index in [2.05, 4.69) is 133 Å². The van der Waals surface area contributed by atoms with E-state index >= 15 is 0 Å². The smallest absolute Gasteiger partial charge is 0.251 e. The molecule has 4 aliphatic rings. The summed E-state index contributed by atoms with van der Waals surface area (Å²) < 4.78 is 3.41. The van der Waals surface area contributed by atoms with Crippen LogP contribution in [0.4, 0.5) is 22.7 Å². The number of hydrogen-bond donors (Lipinski definition) is 4. The summed E-state index contributed by atoms with van der Waals surface area (Å²) in [5, 5.41) is 14.7. The molecule has 368 valence electrons. The number of nitrogens with one attached hydrogen (secondary N) is 4. The largest absolute Gasteiger partial charge is 0.385 e. The zero-order valence-electron chi connectivity index (χ0n) is 42.3. The van der Waals surface area contributed by atoms with Crippen LogP contribution in [-0.2, 0) is 0 Å². The minimum Gasteiger partial charge on any atom is -0.385 e. The summed E-state index contributed by atoms with van der Waals surface area (Å²) in [6, 6.07) is 39.2. The highest BCUT2D eigenvalue weighted by atomic mass is 32.2. The van der Waals surface area contributed by atoms with Gasteiger partial charge in [-0.2, -0.15) is 4.58 Å². The second kappa shape index (κ2) is 23.6. The lowest BCUT2D eigenvalue weighted by molar-refractivity contribution is 0.0944. The first-order chi connectivity index (χ1) is 35.1. The maximum atomic E-state index is 13.0. The number of amides is 2. The molecule has 0 saturated heterocycles. The van der Waals surface area contributed by atoms with Crippen LogP contribution in [-0.4, -0.2) is 55.7 Å². The molecular weight excluding hydrogens is 927 g/mol. The van der Waals surface area contributed by atoms with Crippen molar-refractivity contribution in [3.8, 4) is 21.7 Å². The van der Waals surface area contributed by atoms with Gasteiger partial charge in [0.15, 0.2) is 0 Å². The summed E-state index contributed by atoms with van der Waals surface area (Å²) in [4.78, 5) is 39.5. The highest BCUT2D eigenvalue weighted by Gasteiger charge is 2.21. The van der Waals surface area contributed by atoms with Crippen molar-refractivity contribution < 1.29 is 9.59 Å². The summed E-state index contributed by atoms with van der Waals surface area (Å²) in [6.07, 6.45) is 13.8. The number of aliphatic imine (C=N–C) groups is 1. The maximum Gasteiger partial charge on any atom is 0.251 e. The summed E-state index contributed by atoms with van der Waals surface area (Å²) in [7, 11) is 2.12. The van der Waals surface area contributed by atoms with E-state index in [1.165, 1.54) is 52.7 Å². The number of carbonyl (C=O) groups excluding carboxylic acids is 2. The van der Waals surface area contributed by atoms with Gasteiger partial charge in [0.25, 0.3) is 11.8 Å². The van der Waals surface area contributed by atoms with Crippen LogP contribution in [0.3, 0.4) is 0 Å². The minimum atomic E-state index is -0.0593. The van der Waals surface area contributed by atoms with Crippen LogP contribution in [0.2, 0.25) is 0 Å². The van der Waals surface area contributed by atoms with Crippen LogP contribution in [0.25, 0.3) is 31.9 Å². The lowest BCUT2D eigenvalue weighted by Crippen LogP contribution is -2.24. The number of unbranched alkanes of at least 4 members (excludes halogenated alkanes) is 6. The molecule has 2 aliphatic heterocycles. The van der Waals surface area contributed by atoms with Gasteiger partial charge in [0.1, 0.15) is 7.05 Å². The molecule has 2 aliphatic carbocycles. The zero-order valence-corrected chi connectivity index (χ0v) is 43.9. The fraction of sp³-hybridized carbons (Fsp3) is 0.295. The molecule has 5 aromatic carbocycles. The highest BCUT2D eigenvalue weighted by molar-refractivity contribution is 8.04.